The van der Waals surface area contributed by atoms with Gasteiger partial charge in [-0.05, 0) is 30.7 Å². The van der Waals surface area contributed by atoms with E-state index in [1.807, 2.05) is 6.92 Å². The predicted molar refractivity (Wildman–Crippen MR) is 102 cm³/mol. The maximum absolute atomic E-state index is 12.9. The van der Waals surface area contributed by atoms with Crippen molar-refractivity contribution in [1.29, 1.82) is 0 Å². The number of methoxy groups -OCH3 is 2. The number of cyclic esters (lactones) is 1. The quantitative estimate of drug-likeness (QED) is 0.415. The van der Waals surface area contributed by atoms with Crippen LogP contribution in [0.3, 0.4) is 0 Å². The van der Waals surface area contributed by atoms with Crippen molar-refractivity contribution < 1.29 is 28.5 Å². The first kappa shape index (κ1) is 19.4. The van der Waals surface area contributed by atoms with E-state index < -0.39 is 17.5 Å². The van der Waals surface area contributed by atoms with E-state index in [9.17, 15) is 9.59 Å². The van der Waals surface area contributed by atoms with Gasteiger partial charge in [-0.1, -0.05) is 31.5 Å². The third-order valence-corrected chi connectivity index (χ3v) is 4.32. The number of nitrogens with zero attached hydrogens (tertiary/aromatic N) is 1. The molecule has 0 saturated heterocycles. The SMILES string of the molecule is CCC[C@]1(C(=O)Oc2ccccc2)N=C(c2cc(OC)cc(OC)c2)OC1=O. The monoisotopic (exact) mass is 383 g/mol. The molecule has 146 valence electrons. The van der Waals surface area contributed by atoms with E-state index in [0.717, 1.165) is 0 Å². The molecule has 0 radical (unpaired) electrons. The van der Waals surface area contributed by atoms with Gasteiger partial charge >= 0.3 is 11.9 Å². The van der Waals surface area contributed by atoms with Crippen molar-refractivity contribution in [3.05, 3.63) is 54.1 Å². The van der Waals surface area contributed by atoms with E-state index in [1.165, 1.54) is 14.2 Å². The van der Waals surface area contributed by atoms with Gasteiger partial charge in [0.2, 0.25) is 5.90 Å². The highest BCUT2D eigenvalue weighted by atomic mass is 16.6. The average Bonchev–Trinajstić information content (AvgIpc) is 3.06. The lowest BCUT2D eigenvalue weighted by Gasteiger charge is -2.19. The van der Waals surface area contributed by atoms with Crippen molar-refractivity contribution in [1.82, 2.24) is 0 Å². The Hall–Kier alpha value is -3.35. The van der Waals surface area contributed by atoms with Crippen LogP contribution in [0.2, 0.25) is 0 Å². The van der Waals surface area contributed by atoms with Gasteiger partial charge < -0.3 is 18.9 Å². The van der Waals surface area contributed by atoms with Gasteiger partial charge in [0.25, 0.3) is 5.54 Å². The third-order valence-electron chi connectivity index (χ3n) is 4.32. The fourth-order valence-electron chi connectivity index (χ4n) is 2.90. The van der Waals surface area contributed by atoms with E-state index >= 15 is 0 Å². The molecule has 0 aliphatic carbocycles. The number of aliphatic imine (C=N–C) groups is 1. The second-order valence-electron chi connectivity index (χ2n) is 6.22. The molecular formula is C21H21NO6. The molecule has 0 unspecified atom stereocenters. The molecular weight excluding hydrogens is 362 g/mol. The van der Waals surface area contributed by atoms with Crippen molar-refractivity contribution in [3.63, 3.8) is 0 Å². The number of carbonyl (C=O) groups excluding carboxylic acids is 2. The molecule has 1 aliphatic heterocycles. The van der Waals surface area contributed by atoms with Crippen molar-refractivity contribution in [2.75, 3.05) is 14.2 Å². The molecule has 0 aromatic heterocycles. The molecule has 0 spiro atoms. The first-order valence-electron chi connectivity index (χ1n) is 8.85. The minimum atomic E-state index is -1.74. The van der Waals surface area contributed by atoms with E-state index in [-0.39, 0.29) is 12.3 Å². The normalized spacial score (nSPS) is 18.2. The van der Waals surface area contributed by atoms with Crippen molar-refractivity contribution in [3.8, 4) is 17.2 Å². The number of ether oxygens (including phenoxy) is 4. The Labute approximate surface area is 162 Å². The Kier molecular flexibility index (Phi) is 5.63. The van der Waals surface area contributed by atoms with Crippen LogP contribution < -0.4 is 14.2 Å². The lowest BCUT2D eigenvalue weighted by molar-refractivity contribution is -0.152. The number of hydrogen-bond acceptors (Lipinski definition) is 7. The van der Waals surface area contributed by atoms with Crippen LogP contribution in [0.1, 0.15) is 25.3 Å². The molecule has 0 amide bonds. The lowest BCUT2D eigenvalue weighted by atomic mass is 9.95. The number of carbonyl (C=O) groups is 2. The number of esters is 2. The summed E-state index contributed by atoms with van der Waals surface area (Å²) in [7, 11) is 3.03. The van der Waals surface area contributed by atoms with Crippen LogP contribution in [0, 0.1) is 0 Å². The topological polar surface area (TPSA) is 83.4 Å². The molecule has 7 heteroatoms. The van der Waals surface area contributed by atoms with Gasteiger partial charge in [-0.2, -0.15) is 0 Å². The summed E-state index contributed by atoms with van der Waals surface area (Å²) in [4.78, 5) is 30.0. The highest BCUT2D eigenvalue weighted by molar-refractivity contribution is 6.17. The molecule has 2 aromatic carbocycles. The zero-order chi connectivity index (χ0) is 20.1. The van der Waals surface area contributed by atoms with Crippen LogP contribution in [0.15, 0.2) is 53.5 Å². The van der Waals surface area contributed by atoms with E-state index in [0.29, 0.717) is 29.2 Å². The lowest BCUT2D eigenvalue weighted by Crippen LogP contribution is -2.45. The van der Waals surface area contributed by atoms with Crippen LogP contribution in [0.4, 0.5) is 0 Å². The largest absolute Gasteiger partial charge is 0.497 e. The Morgan fingerprint density at radius 1 is 1.04 bits per heavy atom. The van der Waals surface area contributed by atoms with Gasteiger partial charge in [-0.15, -0.1) is 0 Å². The Balaban J connectivity index is 1.99. The predicted octanol–water partition coefficient (Wildman–Crippen LogP) is 3.15. The number of benzene rings is 2. The maximum Gasteiger partial charge on any atom is 0.352 e. The van der Waals surface area contributed by atoms with Gasteiger partial charge in [0.05, 0.1) is 14.2 Å². The summed E-state index contributed by atoms with van der Waals surface area (Å²) in [6.45, 7) is 1.85. The van der Waals surface area contributed by atoms with Gasteiger partial charge in [0.1, 0.15) is 17.2 Å². The first-order valence-corrected chi connectivity index (χ1v) is 8.85. The minimum Gasteiger partial charge on any atom is -0.497 e. The van der Waals surface area contributed by atoms with Crippen LogP contribution in [0.25, 0.3) is 0 Å². The van der Waals surface area contributed by atoms with Gasteiger partial charge in [0.15, 0.2) is 0 Å². The Morgan fingerprint density at radius 2 is 1.68 bits per heavy atom. The first-order chi connectivity index (χ1) is 13.5. The molecule has 1 heterocycles. The molecule has 0 bridgehead atoms. The number of hydrogen-bond donors (Lipinski definition) is 0. The van der Waals surface area contributed by atoms with Gasteiger partial charge in [-0.3, -0.25) is 0 Å². The molecule has 3 rings (SSSR count). The van der Waals surface area contributed by atoms with Crippen molar-refractivity contribution in [2.45, 2.75) is 25.3 Å². The molecule has 1 aliphatic rings. The summed E-state index contributed by atoms with van der Waals surface area (Å²) in [6.07, 6.45) is 0.708. The second kappa shape index (κ2) is 8.12. The van der Waals surface area contributed by atoms with Crippen LogP contribution in [-0.4, -0.2) is 37.6 Å². The molecule has 1 atom stereocenters. The van der Waals surface area contributed by atoms with E-state index in [1.54, 1.807) is 48.5 Å². The molecule has 0 N–H and O–H groups in total. The average molecular weight is 383 g/mol. The summed E-state index contributed by atoms with van der Waals surface area (Å²) in [5, 5.41) is 0. The summed E-state index contributed by atoms with van der Waals surface area (Å²) in [6, 6.07) is 13.5. The van der Waals surface area contributed by atoms with Crippen molar-refractivity contribution in [2.24, 2.45) is 4.99 Å². The minimum absolute atomic E-state index is 0.0284. The summed E-state index contributed by atoms with van der Waals surface area (Å²) in [5.74, 6) is -0.147. The Morgan fingerprint density at radius 3 is 2.25 bits per heavy atom. The summed E-state index contributed by atoms with van der Waals surface area (Å²) >= 11 is 0. The van der Waals surface area contributed by atoms with Gasteiger partial charge in [0, 0.05) is 11.6 Å². The highest BCUT2D eigenvalue weighted by Crippen LogP contribution is 2.32. The molecule has 28 heavy (non-hydrogen) atoms. The zero-order valence-corrected chi connectivity index (χ0v) is 15.9. The van der Waals surface area contributed by atoms with Crippen LogP contribution in [0.5, 0.6) is 17.2 Å². The Bertz CT molecular complexity index is 886. The maximum atomic E-state index is 12.9. The summed E-state index contributed by atoms with van der Waals surface area (Å²) < 4.78 is 21.3. The molecule has 2 aromatic rings. The fourth-order valence-corrected chi connectivity index (χ4v) is 2.90. The standard InChI is InChI=1S/C21H21NO6/c1-4-10-21(19(23)27-15-8-6-5-7-9-15)20(24)28-18(22-21)14-11-16(25-2)13-17(12-14)26-3/h5-9,11-13H,4,10H2,1-3H3/t21-/m1/s1. The fraction of sp³-hybridized carbons (Fsp3) is 0.286. The second-order valence-corrected chi connectivity index (χ2v) is 6.22. The van der Waals surface area contributed by atoms with E-state index in [2.05, 4.69) is 4.99 Å². The third kappa shape index (κ3) is 3.69. The van der Waals surface area contributed by atoms with E-state index in [4.69, 9.17) is 18.9 Å². The van der Waals surface area contributed by atoms with Crippen LogP contribution in [-0.2, 0) is 14.3 Å². The van der Waals surface area contributed by atoms with Crippen LogP contribution >= 0.6 is 0 Å². The van der Waals surface area contributed by atoms with Gasteiger partial charge in [-0.25, -0.2) is 14.6 Å². The smallest absolute Gasteiger partial charge is 0.352 e. The highest BCUT2D eigenvalue weighted by Gasteiger charge is 2.54. The number of para-hydroxylation sites is 1. The number of rotatable bonds is 7. The molecule has 0 saturated carbocycles. The molecule has 7 nitrogen and oxygen atoms in total. The summed E-state index contributed by atoms with van der Waals surface area (Å²) in [5.41, 5.74) is -1.27. The zero-order valence-electron chi connectivity index (χ0n) is 15.9. The van der Waals surface area contributed by atoms with Crippen molar-refractivity contribution >= 4 is 17.8 Å². The molecule has 0 fully saturated rings.